The van der Waals surface area contributed by atoms with Crippen LogP contribution in [-0.2, 0) is 19.9 Å². The summed E-state index contributed by atoms with van der Waals surface area (Å²) in [7, 11) is 5.06. The Labute approximate surface area is 309 Å². The zero-order chi connectivity index (χ0) is 37.2. The van der Waals surface area contributed by atoms with Crippen molar-refractivity contribution >= 4 is 68.0 Å². The molecular weight excluding hydrogens is 688 g/mol. The fourth-order valence-corrected chi connectivity index (χ4v) is 8.24. The van der Waals surface area contributed by atoms with E-state index in [0.29, 0.717) is 60.2 Å². The molecule has 3 aliphatic heterocycles. The Morgan fingerprint density at radius 1 is 0.704 bits per heavy atom. The number of benzene rings is 3. The normalized spacial score (nSPS) is 15.2. The Hall–Kier alpha value is -6.57. The number of carbonyl (C=O) groups excluding carboxylic acids is 2. The molecule has 1 fully saturated rings. The second kappa shape index (κ2) is 12.8. The molecule has 6 aromatic rings. The highest BCUT2D eigenvalue weighted by Gasteiger charge is 2.32. The quantitative estimate of drug-likeness (QED) is 0.141. The molecule has 0 aliphatic carbocycles. The lowest BCUT2D eigenvalue weighted by Crippen LogP contribution is -2.30. The van der Waals surface area contributed by atoms with Crippen molar-refractivity contribution in [3.63, 3.8) is 0 Å². The Morgan fingerprint density at radius 2 is 1.31 bits per heavy atom. The molecule has 9 rings (SSSR count). The maximum Gasteiger partial charge on any atom is 0.352 e. The summed E-state index contributed by atoms with van der Waals surface area (Å²) in [5.74, 6) is -0.0584. The molecule has 3 aliphatic rings. The predicted molar refractivity (Wildman–Crippen MR) is 205 cm³/mol. The maximum atomic E-state index is 14.0. The number of nitrogens with one attached hydrogen (secondary N) is 2. The highest BCUT2D eigenvalue weighted by molar-refractivity contribution is 6.12. The summed E-state index contributed by atoms with van der Waals surface area (Å²) in [6.45, 7) is 2.91. The average Bonchev–Trinajstić information content (AvgIpc) is 4.03. The van der Waals surface area contributed by atoms with E-state index in [1.54, 1.807) is 46.9 Å². The number of fused-ring (bicyclic) bond motifs is 6. The first-order chi connectivity index (χ1) is 26.2. The van der Waals surface area contributed by atoms with Gasteiger partial charge in [-0.1, -0.05) is 0 Å². The minimum Gasteiger partial charge on any atom is -0.494 e. The van der Waals surface area contributed by atoms with E-state index in [2.05, 4.69) is 25.1 Å². The zero-order valence-corrected chi connectivity index (χ0v) is 30.1. The minimum absolute atomic E-state index is 0.120. The highest BCUT2D eigenvalue weighted by Crippen LogP contribution is 2.42. The van der Waals surface area contributed by atoms with Crippen molar-refractivity contribution in [2.24, 2.45) is 17.3 Å². The van der Waals surface area contributed by atoms with Gasteiger partial charge in [-0.3, -0.25) is 9.59 Å². The molecule has 2 amide bonds. The lowest BCUT2D eigenvalue weighted by atomic mass is 10.1. The third kappa shape index (κ3) is 5.35. The van der Waals surface area contributed by atoms with Gasteiger partial charge in [0.05, 0.1) is 19.9 Å². The number of hydrogen-bond donors (Lipinski definition) is 3. The molecule has 3 aromatic heterocycles. The van der Waals surface area contributed by atoms with Gasteiger partial charge in [0.25, 0.3) is 11.8 Å². The molecule has 0 saturated carbocycles. The lowest BCUT2D eigenvalue weighted by Gasteiger charge is -2.21. The molecule has 6 heterocycles. The van der Waals surface area contributed by atoms with E-state index in [1.807, 2.05) is 49.5 Å². The summed E-state index contributed by atoms with van der Waals surface area (Å²) in [6.07, 6.45) is 5.31. The van der Waals surface area contributed by atoms with Crippen LogP contribution in [0.5, 0.6) is 11.5 Å². The number of aryl methyl sites for hydroxylation is 1. The lowest BCUT2D eigenvalue weighted by molar-refractivity contribution is 0.0691. The van der Waals surface area contributed by atoms with E-state index < -0.39 is 5.97 Å². The van der Waals surface area contributed by atoms with Crippen LogP contribution in [0.25, 0.3) is 21.8 Å². The van der Waals surface area contributed by atoms with Crippen LogP contribution >= 0.6 is 0 Å². The number of nitrogens with zero attached hydrogens (tertiary/aromatic N) is 6. The number of carboxylic acid groups (broad SMARTS) is 1. The van der Waals surface area contributed by atoms with E-state index >= 15 is 0 Å². The molecule has 3 aromatic carbocycles. The Bertz CT molecular complexity index is 2560. The third-order valence-electron chi connectivity index (χ3n) is 10.9. The van der Waals surface area contributed by atoms with E-state index in [0.717, 1.165) is 75.9 Å². The number of aromatic nitrogens is 3. The van der Waals surface area contributed by atoms with E-state index in [4.69, 9.17) is 9.47 Å². The van der Waals surface area contributed by atoms with Gasteiger partial charge >= 0.3 is 5.97 Å². The molecule has 14 nitrogen and oxygen atoms in total. The van der Waals surface area contributed by atoms with Gasteiger partial charge in [-0.25, -0.2) is 4.79 Å². The SMILES string of the molecule is COc1cc(N2CCCC2)c(OC)cc1/N=N/c1cc(C(=O)N2CCc3c2ccc2[nH]c(C(=O)N4CCc5c4ccc4[nH]c(C(=O)O)cc54)cc32)n(C)c1. The number of carboxylic acids is 1. The second-order valence-corrected chi connectivity index (χ2v) is 13.9. The van der Waals surface area contributed by atoms with Crippen molar-refractivity contribution < 1.29 is 29.0 Å². The van der Waals surface area contributed by atoms with E-state index in [-0.39, 0.29) is 17.5 Å². The molecule has 54 heavy (non-hydrogen) atoms. The number of aromatic carboxylic acids is 1. The van der Waals surface area contributed by atoms with Crippen molar-refractivity contribution in [3.05, 3.63) is 89.0 Å². The molecule has 0 spiro atoms. The Balaban J connectivity index is 0.953. The molecule has 0 radical (unpaired) electrons. The molecule has 0 bridgehead atoms. The number of ether oxygens (including phenoxy) is 2. The van der Waals surface area contributed by atoms with Gasteiger partial charge in [0, 0.05) is 84.7 Å². The fraction of sp³-hybridized carbons (Fsp3) is 0.275. The van der Waals surface area contributed by atoms with Crippen LogP contribution < -0.4 is 24.2 Å². The molecule has 0 atom stereocenters. The summed E-state index contributed by atoms with van der Waals surface area (Å²) in [5.41, 5.74) is 8.15. The summed E-state index contributed by atoms with van der Waals surface area (Å²) in [6, 6.07) is 16.5. The van der Waals surface area contributed by atoms with Crippen LogP contribution in [0, 0.1) is 0 Å². The average molecular weight is 727 g/mol. The van der Waals surface area contributed by atoms with Crippen LogP contribution in [0.3, 0.4) is 0 Å². The number of H-pyrrole nitrogens is 2. The number of methoxy groups -OCH3 is 2. The van der Waals surface area contributed by atoms with Gasteiger partial charge in [0.2, 0.25) is 0 Å². The largest absolute Gasteiger partial charge is 0.494 e. The third-order valence-corrected chi connectivity index (χ3v) is 10.9. The first kappa shape index (κ1) is 33.3. The number of amides is 2. The summed E-state index contributed by atoms with van der Waals surface area (Å²) in [4.78, 5) is 51.5. The van der Waals surface area contributed by atoms with Crippen LogP contribution in [0.2, 0.25) is 0 Å². The Morgan fingerprint density at radius 3 is 1.94 bits per heavy atom. The summed E-state index contributed by atoms with van der Waals surface area (Å²) < 4.78 is 13.1. The smallest absolute Gasteiger partial charge is 0.352 e. The van der Waals surface area contributed by atoms with Gasteiger partial charge in [0.1, 0.15) is 40.0 Å². The van der Waals surface area contributed by atoms with Gasteiger partial charge in [0.15, 0.2) is 0 Å². The van der Waals surface area contributed by atoms with Gasteiger partial charge in [-0.2, -0.15) is 0 Å². The topological polar surface area (TPSA) is 161 Å². The van der Waals surface area contributed by atoms with Crippen LogP contribution in [0.4, 0.5) is 28.4 Å². The van der Waals surface area contributed by atoms with Crippen molar-refractivity contribution in [1.82, 2.24) is 14.5 Å². The molecular formula is C40H38N8O6. The molecule has 3 N–H and O–H groups in total. The van der Waals surface area contributed by atoms with Crippen LogP contribution in [0.15, 0.2) is 71.0 Å². The highest BCUT2D eigenvalue weighted by atomic mass is 16.5. The number of rotatable bonds is 8. The number of hydrogen-bond acceptors (Lipinski definition) is 8. The summed E-state index contributed by atoms with van der Waals surface area (Å²) >= 11 is 0. The zero-order valence-electron chi connectivity index (χ0n) is 30.1. The Kier molecular flexibility index (Phi) is 7.91. The van der Waals surface area contributed by atoms with Gasteiger partial charge in [-0.15, -0.1) is 10.2 Å². The van der Waals surface area contributed by atoms with Gasteiger partial charge < -0.3 is 43.8 Å². The van der Waals surface area contributed by atoms with Crippen molar-refractivity contribution in [2.75, 3.05) is 55.1 Å². The van der Waals surface area contributed by atoms with Crippen molar-refractivity contribution in [1.29, 1.82) is 0 Å². The minimum atomic E-state index is -1.02. The fourth-order valence-electron chi connectivity index (χ4n) is 8.24. The van der Waals surface area contributed by atoms with E-state index in [1.165, 1.54) is 0 Å². The monoisotopic (exact) mass is 726 g/mol. The van der Waals surface area contributed by atoms with Crippen LogP contribution in [-0.4, -0.2) is 77.8 Å². The van der Waals surface area contributed by atoms with Crippen molar-refractivity contribution in [2.45, 2.75) is 25.7 Å². The number of carbonyl (C=O) groups is 3. The maximum absolute atomic E-state index is 14.0. The van der Waals surface area contributed by atoms with Crippen molar-refractivity contribution in [3.8, 4) is 11.5 Å². The first-order valence-corrected chi connectivity index (χ1v) is 18.0. The van der Waals surface area contributed by atoms with Gasteiger partial charge in [-0.05, 0) is 79.3 Å². The number of aromatic amines is 2. The standard InChI is InChI=1S/C40H38N8O6/c1-45-21-22(43-44-29-19-37(54-3)34(20-36(29)53-2)46-12-4-5-13-46)16-35(45)39(50)48-15-11-23-25-17-30(41-27(25)6-9-33(23)48)38(49)47-14-10-24-26-18-31(40(51)52)42-28(26)7-8-32(24)47/h6-9,16-21,41-42H,4-5,10-15H2,1-3H3,(H,51,52)/b44-43+. The molecule has 0 unspecified atom stereocenters. The summed E-state index contributed by atoms with van der Waals surface area (Å²) in [5, 5.41) is 20.1. The number of azo groups is 1. The van der Waals surface area contributed by atoms with Crippen LogP contribution in [0.1, 0.15) is 55.4 Å². The number of anilines is 3. The molecule has 14 heteroatoms. The molecule has 1 saturated heterocycles. The predicted octanol–water partition coefficient (Wildman–Crippen LogP) is 7.12. The second-order valence-electron chi connectivity index (χ2n) is 13.9. The first-order valence-electron chi connectivity index (χ1n) is 18.0. The molecule has 274 valence electrons. The van der Waals surface area contributed by atoms with E-state index in [9.17, 15) is 19.5 Å².